The SMILES string of the molecule is N#Cc1ccc2[nH]cc(CCCCNCCOc3ccc4oc(-c5ccccc5)cc(=O)c4c3)c2c1. The van der Waals surface area contributed by atoms with Gasteiger partial charge in [0.25, 0.3) is 0 Å². The number of benzene rings is 3. The van der Waals surface area contributed by atoms with Gasteiger partial charge in [0.15, 0.2) is 5.43 Å². The summed E-state index contributed by atoms with van der Waals surface area (Å²) in [6, 6.07) is 24.5. The molecular weight excluding hydrogens is 450 g/mol. The number of nitrogens with one attached hydrogen (secondary N) is 2. The second-order valence-electron chi connectivity index (χ2n) is 8.74. The van der Waals surface area contributed by atoms with Crippen molar-refractivity contribution in [2.75, 3.05) is 19.7 Å². The minimum Gasteiger partial charge on any atom is -0.492 e. The van der Waals surface area contributed by atoms with Crippen LogP contribution in [-0.2, 0) is 6.42 Å². The standard InChI is InChI=1S/C30H27N3O3/c31-19-21-9-11-27-25(16-21)23(20-33-27)8-4-5-13-32-14-15-35-24-10-12-29-26(17-24)28(34)18-30(36-29)22-6-2-1-3-7-22/h1-3,6-7,9-12,16-18,20,32-33H,4-5,8,13-15H2. The molecule has 2 heterocycles. The van der Waals surface area contributed by atoms with Crippen LogP contribution < -0.4 is 15.5 Å². The number of fused-ring (bicyclic) bond motifs is 2. The number of rotatable bonds is 10. The van der Waals surface area contributed by atoms with Gasteiger partial charge in [-0.15, -0.1) is 0 Å². The zero-order valence-corrected chi connectivity index (χ0v) is 19.9. The molecule has 0 atom stereocenters. The molecule has 5 rings (SSSR count). The number of nitriles is 1. The van der Waals surface area contributed by atoms with Gasteiger partial charge in [-0.1, -0.05) is 30.3 Å². The minimum absolute atomic E-state index is 0.0854. The normalized spacial score (nSPS) is 11.1. The summed E-state index contributed by atoms with van der Waals surface area (Å²) in [5.41, 5.74) is 4.35. The van der Waals surface area contributed by atoms with Crippen molar-refractivity contribution < 1.29 is 9.15 Å². The van der Waals surface area contributed by atoms with E-state index in [0.29, 0.717) is 34.6 Å². The Bertz CT molecular complexity index is 1580. The van der Waals surface area contributed by atoms with E-state index in [-0.39, 0.29) is 5.43 Å². The number of unbranched alkanes of at least 4 members (excludes halogenated alkanes) is 1. The molecule has 0 saturated carbocycles. The topological polar surface area (TPSA) is 91.1 Å². The second-order valence-corrected chi connectivity index (χ2v) is 8.74. The van der Waals surface area contributed by atoms with Crippen molar-refractivity contribution in [1.82, 2.24) is 10.3 Å². The van der Waals surface area contributed by atoms with Gasteiger partial charge in [0.1, 0.15) is 23.7 Å². The maximum atomic E-state index is 12.6. The smallest absolute Gasteiger partial charge is 0.193 e. The van der Waals surface area contributed by atoms with Crippen LogP contribution in [-0.4, -0.2) is 24.7 Å². The number of hydrogen-bond donors (Lipinski definition) is 2. The number of aryl methyl sites for hydroxylation is 1. The quantitative estimate of drug-likeness (QED) is 0.248. The summed E-state index contributed by atoms with van der Waals surface area (Å²) < 4.78 is 11.8. The van der Waals surface area contributed by atoms with Gasteiger partial charge in [0, 0.05) is 35.3 Å². The van der Waals surface area contributed by atoms with Gasteiger partial charge in [-0.25, -0.2) is 0 Å². The molecule has 0 unspecified atom stereocenters. The predicted octanol–water partition coefficient (Wildman–Crippen LogP) is 5.80. The number of hydrogen-bond acceptors (Lipinski definition) is 5. The second kappa shape index (κ2) is 10.9. The van der Waals surface area contributed by atoms with Gasteiger partial charge < -0.3 is 19.5 Å². The van der Waals surface area contributed by atoms with E-state index in [1.807, 2.05) is 60.8 Å². The highest BCUT2D eigenvalue weighted by Gasteiger charge is 2.08. The number of H-pyrrole nitrogens is 1. The van der Waals surface area contributed by atoms with E-state index in [9.17, 15) is 4.79 Å². The molecule has 36 heavy (non-hydrogen) atoms. The molecule has 0 fully saturated rings. The predicted molar refractivity (Wildman–Crippen MR) is 142 cm³/mol. The highest BCUT2D eigenvalue weighted by molar-refractivity contribution is 5.84. The van der Waals surface area contributed by atoms with Crippen molar-refractivity contribution in [3.63, 3.8) is 0 Å². The number of ether oxygens (including phenoxy) is 1. The fourth-order valence-electron chi connectivity index (χ4n) is 4.36. The first kappa shape index (κ1) is 23.4. The van der Waals surface area contributed by atoms with Gasteiger partial charge >= 0.3 is 0 Å². The summed E-state index contributed by atoms with van der Waals surface area (Å²) in [6.45, 7) is 2.13. The van der Waals surface area contributed by atoms with Crippen LogP contribution in [0.15, 0.2) is 88.2 Å². The summed E-state index contributed by atoms with van der Waals surface area (Å²) in [4.78, 5) is 15.9. The van der Waals surface area contributed by atoms with Crippen LogP contribution in [0.4, 0.5) is 0 Å². The van der Waals surface area contributed by atoms with Gasteiger partial charge in [0.2, 0.25) is 0 Å². The number of aromatic nitrogens is 1. The van der Waals surface area contributed by atoms with Crippen molar-refractivity contribution >= 4 is 21.9 Å². The Labute approximate surface area is 209 Å². The molecule has 3 aromatic carbocycles. The van der Waals surface area contributed by atoms with Crippen molar-refractivity contribution in [3.05, 3.63) is 100 Å². The Morgan fingerprint density at radius 1 is 0.944 bits per heavy atom. The molecule has 180 valence electrons. The van der Waals surface area contributed by atoms with Crippen LogP contribution in [0.5, 0.6) is 5.75 Å². The molecule has 0 radical (unpaired) electrons. The maximum absolute atomic E-state index is 12.6. The summed E-state index contributed by atoms with van der Waals surface area (Å²) in [7, 11) is 0. The molecule has 5 aromatic rings. The van der Waals surface area contributed by atoms with E-state index < -0.39 is 0 Å². The highest BCUT2D eigenvalue weighted by atomic mass is 16.5. The molecule has 6 heteroatoms. The Kier molecular flexibility index (Phi) is 7.11. The van der Waals surface area contributed by atoms with Gasteiger partial charge in [-0.2, -0.15) is 5.26 Å². The monoisotopic (exact) mass is 477 g/mol. The lowest BCUT2D eigenvalue weighted by molar-refractivity contribution is 0.314. The largest absolute Gasteiger partial charge is 0.492 e. The van der Waals surface area contributed by atoms with Gasteiger partial charge in [-0.3, -0.25) is 4.79 Å². The molecule has 0 aliphatic carbocycles. The van der Waals surface area contributed by atoms with E-state index in [4.69, 9.17) is 14.4 Å². The van der Waals surface area contributed by atoms with Crippen LogP contribution >= 0.6 is 0 Å². The molecule has 0 spiro atoms. The molecule has 6 nitrogen and oxygen atoms in total. The van der Waals surface area contributed by atoms with Crippen LogP contribution in [0.3, 0.4) is 0 Å². The Morgan fingerprint density at radius 3 is 2.69 bits per heavy atom. The third-order valence-electron chi connectivity index (χ3n) is 6.25. The van der Waals surface area contributed by atoms with Crippen LogP contribution in [0.2, 0.25) is 0 Å². The van der Waals surface area contributed by atoms with Crippen molar-refractivity contribution in [1.29, 1.82) is 5.26 Å². The molecule has 0 amide bonds. The van der Waals surface area contributed by atoms with Crippen molar-refractivity contribution in [3.8, 4) is 23.1 Å². The highest BCUT2D eigenvalue weighted by Crippen LogP contribution is 2.24. The first-order valence-electron chi connectivity index (χ1n) is 12.2. The summed E-state index contributed by atoms with van der Waals surface area (Å²) in [5, 5.41) is 14.2. The summed E-state index contributed by atoms with van der Waals surface area (Å²) >= 11 is 0. The lowest BCUT2D eigenvalue weighted by Crippen LogP contribution is -2.22. The zero-order chi connectivity index (χ0) is 24.7. The number of nitrogens with zero attached hydrogens (tertiary/aromatic N) is 1. The Hall–Kier alpha value is -4.34. The first-order valence-corrected chi connectivity index (χ1v) is 12.2. The third kappa shape index (κ3) is 5.32. The lowest BCUT2D eigenvalue weighted by Gasteiger charge is -2.09. The van der Waals surface area contributed by atoms with E-state index >= 15 is 0 Å². The average molecular weight is 478 g/mol. The Balaban J connectivity index is 1.06. The van der Waals surface area contributed by atoms with E-state index in [1.165, 1.54) is 11.6 Å². The average Bonchev–Trinajstić information content (AvgIpc) is 3.32. The number of aromatic amines is 1. The molecule has 2 aromatic heterocycles. The van der Waals surface area contributed by atoms with E-state index in [0.717, 1.165) is 48.8 Å². The Morgan fingerprint density at radius 2 is 1.83 bits per heavy atom. The van der Waals surface area contributed by atoms with Crippen LogP contribution in [0, 0.1) is 11.3 Å². The zero-order valence-electron chi connectivity index (χ0n) is 19.9. The van der Waals surface area contributed by atoms with E-state index in [1.54, 1.807) is 12.1 Å². The molecule has 2 N–H and O–H groups in total. The molecular formula is C30H27N3O3. The summed E-state index contributed by atoms with van der Waals surface area (Å²) in [5.74, 6) is 1.21. The third-order valence-corrected chi connectivity index (χ3v) is 6.25. The van der Waals surface area contributed by atoms with E-state index in [2.05, 4.69) is 16.4 Å². The van der Waals surface area contributed by atoms with Crippen molar-refractivity contribution in [2.24, 2.45) is 0 Å². The maximum Gasteiger partial charge on any atom is 0.193 e. The lowest BCUT2D eigenvalue weighted by atomic mass is 10.1. The van der Waals surface area contributed by atoms with Gasteiger partial charge in [0.05, 0.1) is 17.0 Å². The first-order chi connectivity index (χ1) is 17.7. The fourth-order valence-corrected chi connectivity index (χ4v) is 4.36. The molecule has 0 saturated heterocycles. The fraction of sp³-hybridized carbons (Fsp3) is 0.200. The van der Waals surface area contributed by atoms with Crippen molar-refractivity contribution in [2.45, 2.75) is 19.3 Å². The van der Waals surface area contributed by atoms with Crippen LogP contribution in [0.25, 0.3) is 33.2 Å². The minimum atomic E-state index is -0.0854. The van der Waals surface area contributed by atoms with Gasteiger partial charge in [-0.05, 0) is 67.8 Å². The van der Waals surface area contributed by atoms with Crippen LogP contribution in [0.1, 0.15) is 24.0 Å². The molecule has 0 aliphatic rings. The summed E-state index contributed by atoms with van der Waals surface area (Å²) in [6.07, 6.45) is 5.12. The molecule has 0 bridgehead atoms. The molecule has 0 aliphatic heterocycles.